The van der Waals surface area contributed by atoms with Crippen molar-refractivity contribution >= 4 is 57.1 Å². The Balaban J connectivity index is 1.72. The number of fused-ring (bicyclic) bond motifs is 1. The van der Waals surface area contributed by atoms with Crippen molar-refractivity contribution < 1.29 is 23.8 Å². The lowest BCUT2D eigenvalue weighted by molar-refractivity contribution is -0.136. The minimum Gasteiger partial charge on any atom is -0.490 e. The van der Waals surface area contributed by atoms with Crippen LogP contribution in [-0.2, 0) is 20.1 Å². The van der Waals surface area contributed by atoms with Gasteiger partial charge in [0.15, 0.2) is 18.1 Å². The van der Waals surface area contributed by atoms with E-state index in [4.69, 9.17) is 30.9 Å². The molecule has 0 spiro atoms. The first-order chi connectivity index (χ1) is 20.2. The number of methoxy groups -OCH3 is 1. The highest BCUT2D eigenvalue weighted by molar-refractivity contribution is 9.10. The fraction of sp³-hybridized carbons (Fsp3) is 0.379. The summed E-state index contributed by atoms with van der Waals surface area (Å²) in [6, 6.07) is 10.6. The van der Waals surface area contributed by atoms with Crippen LogP contribution >= 0.6 is 39.3 Å². The Labute approximate surface area is 262 Å². The van der Waals surface area contributed by atoms with Crippen molar-refractivity contribution in [2.75, 3.05) is 38.7 Å². The molecule has 4 rings (SSSR count). The highest BCUT2D eigenvalue weighted by Crippen LogP contribution is 2.43. The fourth-order valence-electron chi connectivity index (χ4n) is 4.58. The largest absolute Gasteiger partial charge is 0.490 e. The molecule has 1 unspecified atom stereocenters. The lowest BCUT2D eigenvalue weighted by Crippen LogP contribution is -2.34. The number of ether oxygens (including phenoxy) is 3. The molecule has 0 radical (unpaired) electrons. The molecule has 0 bridgehead atoms. The Kier molecular flexibility index (Phi) is 10.8. The molecule has 42 heavy (non-hydrogen) atoms. The molecule has 1 aliphatic heterocycles. The molecule has 2 aromatic carbocycles. The van der Waals surface area contributed by atoms with Crippen molar-refractivity contribution in [3.63, 3.8) is 0 Å². The second-order valence-corrected chi connectivity index (χ2v) is 11.4. The summed E-state index contributed by atoms with van der Waals surface area (Å²) >= 11 is 11.4. The first-order valence-corrected chi connectivity index (χ1v) is 15.6. The molecule has 0 aliphatic carbocycles. The van der Waals surface area contributed by atoms with Crippen molar-refractivity contribution in [1.29, 1.82) is 0 Å². The maximum absolute atomic E-state index is 13.1. The van der Waals surface area contributed by atoms with Gasteiger partial charge in [0.25, 0.3) is 5.91 Å². The number of aromatic nitrogens is 3. The van der Waals surface area contributed by atoms with E-state index in [0.29, 0.717) is 74.4 Å². The molecule has 1 amide bonds. The van der Waals surface area contributed by atoms with Crippen molar-refractivity contribution in [3.05, 3.63) is 68.3 Å². The van der Waals surface area contributed by atoms with Crippen LogP contribution in [-0.4, -0.2) is 65.0 Å². The number of benzene rings is 2. The van der Waals surface area contributed by atoms with Gasteiger partial charge in [-0.2, -0.15) is 4.98 Å². The Morgan fingerprint density at radius 2 is 1.90 bits per heavy atom. The first-order valence-electron chi connectivity index (χ1n) is 13.5. The number of esters is 1. The predicted molar refractivity (Wildman–Crippen MR) is 166 cm³/mol. The summed E-state index contributed by atoms with van der Waals surface area (Å²) in [6.45, 7) is 8.90. The second kappa shape index (κ2) is 14.3. The Morgan fingerprint density at radius 1 is 1.17 bits per heavy atom. The smallest absolute Gasteiger partial charge is 0.338 e. The number of rotatable bonds is 12. The van der Waals surface area contributed by atoms with Crippen LogP contribution in [0.1, 0.15) is 44.9 Å². The molecule has 3 aromatic rings. The van der Waals surface area contributed by atoms with Crippen molar-refractivity contribution in [2.45, 2.75) is 44.6 Å². The molecule has 0 fully saturated rings. The van der Waals surface area contributed by atoms with Gasteiger partial charge in [0.1, 0.15) is 6.04 Å². The number of hydrogen-bond donors (Lipinski definition) is 1. The topological polar surface area (TPSA) is 108 Å². The van der Waals surface area contributed by atoms with Gasteiger partial charge in [-0.3, -0.25) is 4.79 Å². The van der Waals surface area contributed by atoms with Gasteiger partial charge in [0.05, 0.1) is 23.8 Å². The Bertz CT molecular complexity index is 1490. The van der Waals surface area contributed by atoms with Crippen LogP contribution in [0.25, 0.3) is 0 Å². The number of likely N-dealkylation sites (N-methyl/N-ethyl adjacent to an activating group) is 1. The zero-order valence-electron chi connectivity index (χ0n) is 24.1. The normalized spacial score (nSPS) is 14.2. The molecule has 1 aliphatic rings. The Hall–Kier alpha value is -3.22. The minimum absolute atomic E-state index is 0.127. The average molecular weight is 679 g/mol. The van der Waals surface area contributed by atoms with Crippen LogP contribution in [0.3, 0.4) is 0 Å². The summed E-state index contributed by atoms with van der Waals surface area (Å²) in [4.78, 5) is 32.1. The van der Waals surface area contributed by atoms with E-state index in [0.717, 1.165) is 5.56 Å². The zero-order chi connectivity index (χ0) is 30.4. The highest BCUT2D eigenvalue weighted by Gasteiger charge is 2.36. The van der Waals surface area contributed by atoms with Crippen LogP contribution in [0.15, 0.2) is 57.3 Å². The minimum atomic E-state index is -0.683. The van der Waals surface area contributed by atoms with E-state index in [1.165, 1.54) is 18.9 Å². The molecule has 1 atom stereocenters. The molecular weight excluding hydrogens is 646 g/mol. The number of hydrogen-bond acceptors (Lipinski definition) is 9. The first kappa shape index (κ1) is 31.7. The maximum atomic E-state index is 13.1. The number of nitrogens with zero attached hydrogens (tertiary/aromatic N) is 4. The molecule has 2 heterocycles. The summed E-state index contributed by atoms with van der Waals surface area (Å²) in [5.74, 6) is 1.23. The predicted octanol–water partition coefficient (Wildman–Crippen LogP) is 6.09. The van der Waals surface area contributed by atoms with Gasteiger partial charge >= 0.3 is 5.97 Å². The standard InChI is InChI=1S/C29H33BrClN5O5S/c1-6-35(7-2)23(37)15-41-26-20(30)13-19(14-22(26)40-8-3)25-24(27(38)39-5)17(4)32-28-33-29(34-36(25)28)42-16-18-11-9-10-12-21(18)31/h9-14,25H,6-8,15-16H2,1-5H3,(H,32,33,34). The second-order valence-electron chi connectivity index (χ2n) is 9.22. The molecule has 0 saturated heterocycles. The van der Waals surface area contributed by atoms with Gasteiger partial charge < -0.3 is 24.4 Å². The molecular formula is C29H33BrClN5O5S. The van der Waals surface area contributed by atoms with Gasteiger partial charge in [-0.1, -0.05) is 41.6 Å². The number of carbonyl (C=O) groups excluding carboxylic acids is 2. The summed E-state index contributed by atoms with van der Waals surface area (Å²) in [5.41, 5.74) is 2.61. The number of anilines is 1. The van der Waals surface area contributed by atoms with E-state index in [9.17, 15) is 9.59 Å². The van der Waals surface area contributed by atoms with Crippen LogP contribution in [0.4, 0.5) is 5.95 Å². The van der Waals surface area contributed by atoms with Crippen molar-refractivity contribution in [1.82, 2.24) is 19.7 Å². The summed E-state index contributed by atoms with van der Waals surface area (Å²) in [7, 11) is 1.34. The van der Waals surface area contributed by atoms with Gasteiger partial charge in [-0.25, -0.2) is 9.48 Å². The van der Waals surface area contributed by atoms with E-state index in [1.54, 1.807) is 22.6 Å². The van der Waals surface area contributed by atoms with Crippen LogP contribution < -0.4 is 14.8 Å². The lowest BCUT2D eigenvalue weighted by atomic mass is 9.95. The maximum Gasteiger partial charge on any atom is 0.338 e. The number of carbonyl (C=O) groups is 2. The molecule has 224 valence electrons. The number of nitrogens with one attached hydrogen (secondary N) is 1. The molecule has 0 saturated carbocycles. The zero-order valence-corrected chi connectivity index (χ0v) is 27.2. The SMILES string of the molecule is CCOc1cc(C2C(C(=O)OC)=C(C)Nc3nc(SCc4ccccc4Cl)nn32)cc(Br)c1OCC(=O)N(CC)CC. The van der Waals surface area contributed by atoms with E-state index in [2.05, 4.69) is 26.2 Å². The van der Waals surface area contributed by atoms with Crippen molar-refractivity contribution in [2.24, 2.45) is 0 Å². The third-order valence-electron chi connectivity index (χ3n) is 6.66. The molecule has 13 heteroatoms. The van der Waals surface area contributed by atoms with Gasteiger partial charge in [0.2, 0.25) is 11.1 Å². The third kappa shape index (κ3) is 6.87. The quantitative estimate of drug-likeness (QED) is 0.180. The third-order valence-corrected chi connectivity index (χ3v) is 8.50. The van der Waals surface area contributed by atoms with E-state index < -0.39 is 12.0 Å². The molecule has 10 nitrogen and oxygen atoms in total. The van der Waals surface area contributed by atoms with E-state index in [-0.39, 0.29) is 12.5 Å². The molecule has 1 N–H and O–H groups in total. The fourth-order valence-corrected chi connectivity index (χ4v) is 6.27. The number of halogens is 2. The van der Waals surface area contributed by atoms with Gasteiger partial charge in [0, 0.05) is 29.6 Å². The van der Waals surface area contributed by atoms with Crippen molar-refractivity contribution in [3.8, 4) is 11.5 Å². The van der Waals surface area contributed by atoms with Crippen LogP contribution in [0.5, 0.6) is 11.5 Å². The summed E-state index contributed by atoms with van der Waals surface area (Å²) < 4.78 is 19.3. The van der Waals surface area contributed by atoms with Crippen LogP contribution in [0.2, 0.25) is 5.02 Å². The molecule has 1 aromatic heterocycles. The summed E-state index contributed by atoms with van der Waals surface area (Å²) in [5, 5.41) is 9.14. The van der Waals surface area contributed by atoms with E-state index >= 15 is 0 Å². The number of amides is 1. The number of thioether (sulfide) groups is 1. The van der Waals surface area contributed by atoms with E-state index in [1.807, 2.05) is 51.1 Å². The van der Waals surface area contributed by atoms with Gasteiger partial charge in [-0.05, 0) is 73.0 Å². The number of allylic oxidation sites excluding steroid dienone is 1. The average Bonchev–Trinajstić information content (AvgIpc) is 3.38. The van der Waals surface area contributed by atoms with Gasteiger partial charge in [-0.15, -0.1) is 5.10 Å². The van der Waals surface area contributed by atoms with Crippen LogP contribution in [0, 0.1) is 0 Å². The highest BCUT2D eigenvalue weighted by atomic mass is 79.9. The monoisotopic (exact) mass is 677 g/mol. The summed E-state index contributed by atoms with van der Waals surface area (Å²) in [6.07, 6.45) is 0. The Morgan fingerprint density at radius 3 is 2.57 bits per heavy atom. The lowest BCUT2D eigenvalue weighted by Gasteiger charge is -2.28.